The average molecular weight is 444 g/mol. The smallest absolute Gasteiger partial charge is 0.231 e. The number of hydrogen-bond acceptors (Lipinski definition) is 4. The van der Waals surface area contributed by atoms with E-state index in [2.05, 4.69) is 38.7 Å². The molecule has 0 N–H and O–H groups in total. The van der Waals surface area contributed by atoms with Crippen molar-refractivity contribution in [1.82, 2.24) is 14.5 Å². The second-order valence-corrected chi connectivity index (χ2v) is 7.76. The van der Waals surface area contributed by atoms with Crippen LogP contribution in [0.1, 0.15) is 0 Å². The van der Waals surface area contributed by atoms with Gasteiger partial charge >= 0.3 is 0 Å². The van der Waals surface area contributed by atoms with E-state index < -0.39 is 0 Å². The maximum Gasteiger partial charge on any atom is 0.231 e. The van der Waals surface area contributed by atoms with Gasteiger partial charge in [0.05, 0.1) is 16.6 Å². The molecule has 6 rings (SSSR count). The van der Waals surface area contributed by atoms with Gasteiger partial charge in [-0.1, -0.05) is 52.3 Å². The monoisotopic (exact) mass is 443 g/mol. The number of benzene rings is 3. The Balaban J connectivity index is 1.68. The Labute approximate surface area is 174 Å². The molecule has 0 spiro atoms. The van der Waals surface area contributed by atoms with Crippen molar-refractivity contribution in [3.63, 3.8) is 0 Å². The van der Waals surface area contributed by atoms with Gasteiger partial charge in [0.25, 0.3) is 0 Å². The summed E-state index contributed by atoms with van der Waals surface area (Å²) in [7, 11) is 0. The fraction of sp³-hybridized carbons (Fsp3) is 0.0435. The first-order valence-corrected chi connectivity index (χ1v) is 9.99. The molecule has 0 amide bonds. The minimum absolute atomic E-state index is 0.223. The Hall–Kier alpha value is -3.38. The number of hydrogen-bond donors (Lipinski definition) is 0. The van der Waals surface area contributed by atoms with Gasteiger partial charge in [0.2, 0.25) is 6.79 Å². The molecule has 1 aliphatic heterocycles. The largest absolute Gasteiger partial charge is 0.454 e. The van der Waals surface area contributed by atoms with Crippen molar-refractivity contribution >= 4 is 37.9 Å². The summed E-state index contributed by atoms with van der Waals surface area (Å²) in [4.78, 5) is 9.98. The van der Waals surface area contributed by atoms with Crippen LogP contribution in [0.2, 0.25) is 0 Å². The average Bonchev–Trinajstić information content (AvgIpc) is 3.37. The summed E-state index contributed by atoms with van der Waals surface area (Å²) in [5.41, 5.74) is 4.42. The molecule has 2 aromatic heterocycles. The van der Waals surface area contributed by atoms with Crippen LogP contribution in [-0.4, -0.2) is 21.3 Å². The zero-order valence-electron chi connectivity index (χ0n) is 15.2. The van der Waals surface area contributed by atoms with Crippen molar-refractivity contribution < 1.29 is 9.47 Å². The van der Waals surface area contributed by atoms with Crippen molar-refractivity contribution in [3.8, 4) is 28.6 Å². The van der Waals surface area contributed by atoms with Crippen LogP contribution in [0.5, 0.6) is 11.5 Å². The fourth-order valence-corrected chi connectivity index (χ4v) is 4.03. The minimum atomic E-state index is 0.223. The standard InChI is InChI=1S/C23H14BrN3O2/c24-16-7-6-14-8-9-27(19(14)10-16)23-22(15-4-2-1-3-5-15)25-17-11-20-21(29-13-28-20)12-18(17)26-23/h1-12H,13H2. The topological polar surface area (TPSA) is 49.2 Å². The third-order valence-electron chi connectivity index (χ3n) is 5.07. The highest BCUT2D eigenvalue weighted by Crippen LogP contribution is 2.37. The first-order chi connectivity index (χ1) is 14.3. The second kappa shape index (κ2) is 6.32. The van der Waals surface area contributed by atoms with Crippen LogP contribution in [0.3, 0.4) is 0 Å². The summed E-state index contributed by atoms with van der Waals surface area (Å²) in [5, 5.41) is 1.14. The molecule has 3 heterocycles. The normalized spacial score (nSPS) is 12.7. The predicted molar refractivity (Wildman–Crippen MR) is 116 cm³/mol. The number of ether oxygens (including phenoxy) is 2. The third-order valence-corrected chi connectivity index (χ3v) is 5.56. The summed E-state index contributed by atoms with van der Waals surface area (Å²) in [6.07, 6.45) is 2.03. The number of aromatic nitrogens is 3. The van der Waals surface area contributed by atoms with Gasteiger partial charge in [-0.15, -0.1) is 0 Å². The summed E-state index contributed by atoms with van der Waals surface area (Å²) >= 11 is 3.58. The Morgan fingerprint density at radius 2 is 1.59 bits per heavy atom. The first-order valence-electron chi connectivity index (χ1n) is 9.20. The molecule has 0 atom stereocenters. The highest BCUT2D eigenvalue weighted by molar-refractivity contribution is 9.10. The van der Waals surface area contributed by atoms with Crippen LogP contribution >= 0.6 is 15.9 Å². The van der Waals surface area contributed by atoms with Gasteiger partial charge in [0, 0.05) is 33.8 Å². The molecule has 0 bridgehead atoms. The van der Waals surface area contributed by atoms with Crippen LogP contribution in [0.15, 0.2) is 77.4 Å². The molecule has 0 unspecified atom stereocenters. The van der Waals surface area contributed by atoms with Crippen molar-refractivity contribution in [2.75, 3.05) is 6.79 Å². The van der Waals surface area contributed by atoms with Crippen molar-refractivity contribution in [1.29, 1.82) is 0 Å². The SMILES string of the molecule is Brc1ccc2ccn(-c3nc4cc5c(cc4nc3-c3ccccc3)OCO5)c2c1. The lowest BCUT2D eigenvalue weighted by Crippen LogP contribution is -2.02. The van der Waals surface area contributed by atoms with E-state index in [1.165, 1.54) is 0 Å². The van der Waals surface area contributed by atoms with Crippen molar-refractivity contribution in [3.05, 3.63) is 77.4 Å². The molecule has 29 heavy (non-hydrogen) atoms. The summed E-state index contributed by atoms with van der Waals surface area (Å²) in [5.74, 6) is 2.18. The van der Waals surface area contributed by atoms with Gasteiger partial charge in [-0.05, 0) is 18.2 Å². The molecular formula is C23H14BrN3O2. The quantitative estimate of drug-likeness (QED) is 0.349. The molecule has 6 heteroatoms. The Bertz CT molecular complexity index is 1400. The Kier molecular flexibility index (Phi) is 3.61. The fourth-order valence-electron chi connectivity index (χ4n) is 3.68. The lowest BCUT2D eigenvalue weighted by atomic mass is 10.1. The number of rotatable bonds is 2. The molecule has 0 saturated carbocycles. The molecule has 0 aliphatic carbocycles. The second-order valence-electron chi connectivity index (χ2n) is 6.84. The van der Waals surface area contributed by atoms with E-state index in [0.29, 0.717) is 11.5 Å². The number of nitrogens with zero attached hydrogens (tertiary/aromatic N) is 3. The van der Waals surface area contributed by atoms with Gasteiger partial charge in [-0.25, -0.2) is 9.97 Å². The highest BCUT2D eigenvalue weighted by Gasteiger charge is 2.19. The summed E-state index contributed by atoms with van der Waals surface area (Å²) in [6.45, 7) is 0.223. The van der Waals surface area contributed by atoms with E-state index in [1.54, 1.807) is 0 Å². The zero-order chi connectivity index (χ0) is 19.4. The molecular weight excluding hydrogens is 430 g/mol. The van der Waals surface area contributed by atoms with Crippen molar-refractivity contribution in [2.45, 2.75) is 0 Å². The third kappa shape index (κ3) is 2.68. The van der Waals surface area contributed by atoms with Crippen LogP contribution in [0.4, 0.5) is 0 Å². The van der Waals surface area contributed by atoms with Crippen LogP contribution < -0.4 is 9.47 Å². The minimum Gasteiger partial charge on any atom is -0.454 e. The van der Waals surface area contributed by atoms with E-state index in [1.807, 2.05) is 54.7 Å². The maximum atomic E-state index is 5.53. The number of fused-ring (bicyclic) bond motifs is 3. The first kappa shape index (κ1) is 16.6. The van der Waals surface area contributed by atoms with Crippen LogP contribution in [0, 0.1) is 0 Å². The maximum absolute atomic E-state index is 5.53. The van der Waals surface area contributed by atoms with Gasteiger partial charge in [-0.2, -0.15) is 0 Å². The molecule has 0 radical (unpaired) electrons. The molecule has 5 nitrogen and oxygen atoms in total. The predicted octanol–water partition coefficient (Wildman–Crippen LogP) is 5.73. The summed E-state index contributed by atoms with van der Waals surface area (Å²) < 4.78 is 14.2. The molecule has 0 saturated heterocycles. The van der Waals surface area contributed by atoms with E-state index in [-0.39, 0.29) is 6.79 Å². The van der Waals surface area contributed by atoms with E-state index in [9.17, 15) is 0 Å². The molecule has 0 fully saturated rings. The highest BCUT2D eigenvalue weighted by atomic mass is 79.9. The summed E-state index contributed by atoms with van der Waals surface area (Å²) in [6, 6.07) is 22.2. The molecule has 1 aliphatic rings. The number of halogens is 1. The zero-order valence-corrected chi connectivity index (χ0v) is 16.8. The molecule has 140 valence electrons. The van der Waals surface area contributed by atoms with Gasteiger partial charge in [-0.3, -0.25) is 4.57 Å². The molecule has 3 aromatic carbocycles. The lowest BCUT2D eigenvalue weighted by Gasteiger charge is -2.13. The van der Waals surface area contributed by atoms with E-state index in [0.717, 1.165) is 43.5 Å². The van der Waals surface area contributed by atoms with Gasteiger partial charge < -0.3 is 9.47 Å². The van der Waals surface area contributed by atoms with E-state index >= 15 is 0 Å². The Morgan fingerprint density at radius 3 is 2.38 bits per heavy atom. The molecule has 5 aromatic rings. The van der Waals surface area contributed by atoms with Crippen molar-refractivity contribution in [2.24, 2.45) is 0 Å². The van der Waals surface area contributed by atoms with E-state index in [4.69, 9.17) is 19.4 Å². The Morgan fingerprint density at radius 1 is 0.828 bits per heavy atom. The van der Waals surface area contributed by atoms with Crippen LogP contribution in [0.25, 0.3) is 39.0 Å². The lowest BCUT2D eigenvalue weighted by molar-refractivity contribution is 0.174. The van der Waals surface area contributed by atoms with Gasteiger partial charge in [0.1, 0.15) is 5.69 Å². The van der Waals surface area contributed by atoms with Gasteiger partial charge in [0.15, 0.2) is 17.3 Å². The van der Waals surface area contributed by atoms with Crippen LogP contribution in [-0.2, 0) is 0 Å².